The van der Waals surface area contributed by atoms with Crippen LogP contribution in [0.5, 0.6) is 0 Å². The maximum absolute atomic E-state index is 7.36. The number of aromatic nitrogens is 2. The molecule has 4 nitrogen and oxygen atoms in total. The molecule has 16 heavy (non-hydrogen) atoms. The molecule has 0 radical (unpaired) electrons. The van der Waals surface area contributed by atoms with Gasteiger partial charge in [-0.05, 0) is 30.2 Å². The highest BCUT2D eigenvalue weighted by molar-refractivity contribution is 5.95. The standard InChI is InChI=1S/C12H14N4/c1-9-7-10(12(13)14)3-4-11(9)8-16-6-2-5-15-16/h2-7H,8H2,1H3,(H3,13,14). The first-order chi connectivity index (χ1) is 7.66. The molecule has 2 rings (SSSR count). The van der Waals surface area contributed by atoms with E-state index in [4.69, 9.17) is 11.1 Å². The summed E-state index contributed by atoms with van der Waals surface area (Å²) in [6, 6.07) is 7.70. The molecule has 82 valence electrons. The summed E-state index contributed by atoms with van der Waals surface area (Å²) in [7, 11) is 0. The minimum absolute atomic E-state index is 0.105. The number of nitrogens with two attached hydrogens (primary N) is 1. The van der Waals surface area contributed by atoms with Crippen LogP contribution in [0.4, 0.5) is 0 Å². The molecule has 2 aromatic rings. The monoisotopic (exact) mass is 214 g/mol. The maximum Gasteiger partial charge on any atom is 0.122 e. The van der Waals surface area contributed by atoms with Crippen LogP contribution in [0.2, 0.25) is 0 Å². The quantitative estimate of drug-likeness (QED) is 0.601. The Bertz CT molecular complexity index is 500. The van der Waals surface area contributed by atoms with Gasteiger partial charge in [0.05, 0.1) is 6.54 Å². The molecule has 4 heteroatoms. The van der Waals surface area contributed by atoms with E-state index in [1.54, 1.807) is 6.20 Å². The average molecular weight is 214 g/mol. The highest BCUT2D eigenvalue weighted by Crippen LogP contribution is 2.12. The first-order valence-corrected chi connectivity index (χ1v) is 5.08. The van der Waals surface area contributed by atoms with Crippen LogP contribution < -0.4 is 5.73 Å². The lowest BCUT2D eigenvalue weighted by Gasteiger charge is -2.08. The molecule has 0 aliphatic heterocycles. The summed E-state index contributed by atoms with van der Waals surface area (Å²) in [6.07, 6.45) is 3.69. The van der Waals surface area contributed by atoms with E-state index in [2.05, 4.69) is 5.10 Å². The molecule has 0 amide bonds. The van der Waals surface area contributed by atoms with Crippen molar-refractivity contribution >= 4 is 5.84 Å². The largest absolute Gasteiger partial charge is 0.384 e. The first-order valence-electron chi connectivity index (χ1n) is 5.08. The lowest BCUT2D eigenvalue weighted by atomic mass is 10.0. The van der Waals surface area contributed by atoms with Crippen LogP contribution in [-0.4, -0.2) is 15.6 Å². The molecule has 0 aliphatic rings. The van der Waals surface area contributed by atoms with E-state index < -0.39 is 0 Å². The Hall–Kier alpha value is -2.10. The zero-order valence-corrected chi connectivity index (χ0v) is 9.14. The summed E-state index contributed by atoms with van der Waals surface area (Å²) < 4.78 is 1.87. The van der Waals surface area contributed by atoms with E-state index >= 15 is 0 Å². The fourth-order valence-corrected chi connectivity index (χ4v) is 1.61. The van der Waals surface area contributed by atoms with Gasteiger partial charge < -0.3 is 5.73 Å². The third-order valence-electron chi connectivity index (χ3n) is 2.55. The fraction of sp³-hybridized carbons (Fsp3) is 0.167. The molecular weight excluding hydrogens is 200 g/mol. The van der Waals surface area contributed by atoms with Crippen LogP contribution in [0.15, 0.2) is 36.7 Å². The Labute approximate surface area is 94.2 Å². The fourth-order valence-electron chi connectivity index (χ4n) is 1.61. The van der Waals surface area contributed by atoms with Gasteiger partial charge in [0.15, 0.2) is 0 Å². The molecule has 0 saturated carbocycles. The highest BCUT2D eigenvalue weighted by Gasteiger charge is 2.02. The third-order valence-corrected chi connectivity index (χ3v) is 2.55. The van der Waals surface area contributed by atoms with Gasteiger partial charge in [0.2, 0.25) is 0 Å². The van der Waals surface area contributed by atoms with Gasteiger partial charge in [0.1, 0.15) is 5.84 Å². The number of hydrogen-bond donors (Lipinski definition) is 2. The van der Waals surface area contributed by atoms with Crippen molar-refractivity contribution < 1.29 is 0 Å². The molecule has 0 atom stereocenters. The van der Waals surface area contributed by atoms with Gasteiger partial charge in [-0.15, -0.1) is 0 Å². The Balaban J connectivity index is 2.26. The summed E-state index contributed by atoms with van der Waals surface area (Å²) in [5.41, 5.74) is 8.52. The van der Waals surface area contributed by atoms with E-state index in [1.165, 1.54) is 5.56 Å². The Morgan fingerprint density at radius 2 is 2.31 bits per heavy atom. The van der Waals surface area contributed by atoms with Crippen LogP contribution >= 0.6 is 0 Å². The van der Waals surface area contributed by atoms with Crippen molar-refractivity contribution in [3.05, 3.63) is 53.3 Å². The van der Waals surface area contributed by atoms with Crippen LogP contribution in [0.1, 0.15) is 16.7 Å². The van der Waals surface area contributed by atoms with Crippen LogP contribution in [-0.2, 0) is 6.54 Å². The summed E-state index contributed by atoms with van der Waals surface area (Å²) >= 11 is 0. The molecule has 0 spiro atoms. The second kappa shape index (κ2) is 4.18. The van der Waals surface area contributed by atoms with E-state index in [1.807, 2.05) is 42.1 Å². The van der Waals surface area contributed by atoms with Gasteiger partial charge in [0, 0.05) is 18.0 Å². The van der Waals surface area contributed by atoms with Gasteiger partial charge in [-0.25, -0.2) is 0 Å². The first kappa shape index (κ1) is 10.4. The van der Waals surface area contributed by atoms with Crippen molar-refractivity contribution in [2.24, 2.45) is 5.73 Å². The second-order valence-electron chi connectivity index (χ2n) is 3.76. The molecule has 0 unspecified atom stereocenters. The molecule has 0 saturated heterocycles. The minimum Gasteiger partial charge on any atom is -0.384 e. The number of aryl methyl sites for hydroxylation is 1. The van der Waals surface area contributed by atoms with Crippen LogP contribution in [0.3, 0.4) is 0 Å². The smallest absolute Gasteiger partial charge is 0.122 e. The van der Waals surface area contributed by atoms with Gasteiger partial charge >= 0.3 is 0 Å². The second-order valence-corrected chi connectivity index (χ2v) is 3.76. The average Bonchev–Trinajstić information content (AvgIpc) is 2.73. The summed E-state index contributed by atoms with van der Waals surface area (Å²) in [5.74, 6) is 0.105. The minimum atomic E-state index is 0.105. The number of nitrogens with zero attached hydrogens (tertiary/aromatic N) is 2. The van der Waals surface area contributed by atoms with Crippen molar-refractivity contribution in [3.8, 4) is 0 Å². The topological polar surface area (TPSA) is 67.7 Å². The summed E-state index contributed by atoms with van der Waals surface area (Å²) in [5, 5.41) is 11.5. The zero-order valence-electron chi connectivity index (χ0n) is 9.14. The summed E-state index contributed by atoms with van der Waals surface area (Å²) in [4.78, 5) is 0. The Morgan fingerprint density at radius 3 is 2.88 bits per heavy atom. The molecule has 0 aliphatic carbocycles. The number of benzene rings is 1. The molecule has 0 bridgehead atoms. The van der Waals surface area contributed by atoms with Crippen molar-refractivity contribution in [1.29, 1.82) is 5.41 Å². The van der Waals surface area contributed by atoms with E-state index in [9.17, 15) is 0 Å². The third kappa shape index (κ3) is 2.11. The predicted octanol–water partition coefficient (Wildman–Crippen LogP) is 1.52. The van der Waals surface area contributed by atoms with E-state index in [-0.39, 0.29) is 5.84 Å². The molecule has 3 N–H and O–H groups in total. The van der Waals surface area contributed by atoms with Gasteiger partial charge in [-0.2, -0.15) is 5.10 Å². The number of nitrogen functional groups attached to an aromatic ring is 1. The molecule has 1 aromatic heterocycles. The molecule has 1 heterocycles. The van der Waals surface area contributed by atoms with Crippen LogP contribution in [0.25, 0.3) is 0 Å². The molecule has 0 fully saturated rings. The molecular formula is C12H14N4. The zero-order chi connectivity index (χ0) is 11.5. The SMILES string of the molecule is Cc1cc(C(=N)N)ccc1Cn1cccn1. The van der Waals surface area contributed by atoms with Crippen LogP contribution in [0, 0.1) is 12.3 Å². The van der Waals surface area contributed by atoms with Crippen molar-refractivity contribution in [1.82, 2.24) is 9.78 Å². The predicted molar refractivity (Wildman–Crippen MR) is 63.5 cm³/mol. The Kier molecular flexibility index (Phi) is 2.72. The Morgan fingerprint density at radius 1 is 1.50 bits per heavy atom. The lowest BCUT2D eigenvalue weighted by molar-refractivity contribution is 0.684. The van der Waals surface area contributed by atoms with E-state index in [0.717, 1.165) is 17.7 Å². The van der Waals surface area contributed by atoms with Crippen molar-refractivity contribution in [2.45, 2.75) is 13.5 Å². The number of amidine groups is 1. The van der Waals surface area contributed by atoms with Gasteiger partial charge in [-0.1, -0.05) is 12.1 Å². The number of rotatable bonds is 3. The molecule has 1 aromatic carbocycles. The van der Waals surface area contributed by atoms with Gasteiger partial charge in [-0.3, -0.25) is 10.1 Å². The van der Waals surface area contributed by atoms with Crippen molar-refractivity contribution in [3.63, 3.8) is 0 Å². The number of nitrogens with one attached hydrogen (secondary N) is 1. The van der Waals surface area contributed by atoms with Gasteiger partial charge in [0.25, 0.3) is 0 Å². The maximum atomic E-state index is 7.36. The normalized spacial score (nSPS) is 10.3. The van der Waals surface area contributed by atoms with Crippen molar-refractivity contribution in [2.75, 3.05) is 0 Å². The highest BCUT2D eigenvalue weighted by atomic mass is 15.3. The van der Waals surface area contributed by atoms with E-state index in [0.29, 0.717) is 0 Å². The number of hydrogen-bond acceptors (Lipinski definition) is 2. The lowest BCUT2D eigenvalue weighted by Crippen LogP contribution is -2.12. The summed E-state index contributed by atoms with van der Waals surface area (Å²) in [6.45, 7) is 2.77.